The number of carbonyl (C=O) groups is 1. The van der Waals surface area contributed by atoms with Crippen LogP contribution in [0.2, 0.25) is 0 Å². The molecule has 0 saturated heterocycles. The molecule has 2 aromatic carbocycles. The van der Waals surface area contributed by atoms with E-state index in [1.807, 2.05) is 0 Å². The molecule has 9 nitrogen and oxygen atoms in total. The first-order chi connectivity index (χ1) is 19.7. The topological polar surface area (TPSA) is 116 Å². The van der Waals surface area contributed by atoms with Gasteiger partial charge < -0.3 is 24.6 Å². The third-order valence-electron chi connectivity index (χ3n) is 6.13. The fourth-order valence-electron chi connectivity index (χ4n) is 4.10. The standard InChI is InChI=1S/C29H21F3N4O5/c1-14-25(27(37)17(13-34-14)15-4-6-18(30)19(31)10-15)28(38)35-16-5-7-22(20(32)11-16)41-23-8-9-33-21-12-24(39-2)29(40-3)36-26(21)23/h4-13H,1-3H3,(H,34,37)(H,35,38). The molecule has 3 heterocycles. The number of nitrogens with one attached hydrogen (secondary N) is 1. The second-order valence-electron chi connectivity index (χ2n) is 8.69. The molecule has 0 unspecified atom stereocenters. The molecule has 1 amide bonds. The lowest BCUT2D eigenvalue weighted by Crippen LogP contribution is -2.15. The number of methoxy groups -OCH3 is 2. The van der Waals surface area contributed by atoms with Crippen molar-refractivity contribution < 1.29 is 37.3 Å². The van der Waals surface area contributed by atoms with Crippen LogP contribution in [0.3, 0.4) is 0 Å². The number of hydrogen-bond donors (Lipinski definition) is 2. The third kappa shape index (κ3) is 5.26. The minimum absolute atomic E-state index is 0.0158. The molecule has 0 fully saturated rings. The van der Waals surface area contributed by atoms with Crippen molar-refractivity contribution in [1.29, 1.82) is 0 Å². The summed E-state index contributed by atoms with van der Waals surface area (Å²) in [6, 6.07) is 9.88. The van der Waals surface area contributed by atoms with Gasteiger partial charge >= 0.3 is 0 Å². The van der Waals surface area contributed by atoms with Gasteiger partial charge in [-0.05, 0) is 36.8 Å². The van der Waals surface area contributed by atoms with Gasteiger partial charge in [-0.1, -0.05) is 6.07 Å². The number of pyridine rings is 3. The number of benzene rings is 2. The fourth-order valence-corrected chi connectivity index (χ4v) is 4.10. The van der Waals surface area contributed by atoms with Gasteiger partial charge in [0, 0.05) is 41.8 Å². The maximum absolute atomic E-state index is 15.1. The van der Waals surface area contributed by atoms with E-state index in [4.69, 9.17) is 14.2 Å². The van der Waals surface area contributed by atoms with E-state index in [-0.39, 0.29) is 45.5 Å². The summed E-state index contributed by atoms with van der Waals surface area (Å²) in [5, 5.41) is 13.3. The van der Waals surface area contributed by atoms with Gasteiger partial charge in [0.25, 0.3) is 11.8 Å². The molecule has 0 aliphatic rings. The molecule has 12 heteroatoms. The lowest BCUT2D eigenvalue weighted by molar-refractivity contribution is 0.102. The first kappa shape index (κ1) is 27.2. The molecule has 5 rings (SSSR count). The van der Waals surface area contributed by atoms with Gasteiger partial charge in [-0.2, -0.15) is 0 Å². The Hall–Kier alpha value is -5.39. The Morgan fingerprint density at radius 1 is 0.878 bits per heavy atom. The molecule has 0 radical (unpaired) electrons. The van der Waals surface area contributed by atoms with Gasteiger partial charge in [-0.3, -0.25) is 14.8 Å². The van der Waals surface area contributed by atoms with E-state index in [1.54, 1.807) is 6.07 Å². The van der Waals surface area contributed by atoms with Crippen LogP contribution in [0, 0.1) is 24.4 Å². The van der Waals surface area contributed by atoms with Crippen LogP contribution in [-0.2, 0) is 0 Å². The van der Waals surface area contributed by atoms with E-state index < -0.39 is 29.1 Å². The second kappa shape index (κ2) is 11.0. The number of halogens is 3. The van der Waals surface area contributed by atoms with Crippen LogP contribution in [-0.4, -0.2) is 40.2 Å². The van der Waals surface area contributed by atoms with E-state index >= 15 is 4.39 Å². The SMILES string of the molecule is COc1cc2nccc(Oc3ccc(NC(=O)c4c(C)ncc(-c5ccc(F)c(F)c5)c4O)cc3F)c2nc1OC. The maximum atomic E-state index is 15.1. The van der Waals surface area contributed by atoms with E-state index in [2.05, 4.69) is 20.3 Å². The van der Waals surface area contributed by atoms with Crippen LogP contribution in [0.1, 0.15) is 16.1 Å². The van der Waals surface area contributed by atoms with Crippen LogP contribution >= 0.6 is 0 Å². The molecule has 5 aromatic rings. The number of carbonyl (C=O) groups excluding carboxylic acids is 1. The van der Waals surface area contributed by atoms with Crippen molar-refractivity contribution in [3.63, 3.8) is 0 Å². The number of aromatic nitrogens is 3. The van der Waals surface area contributed by atoms with E-state index in [0.29, 0.717) is 16.8 Å². The predicted molar refractivity (Wildman–Crippen MR) is 143 cm³/mol. The minimum atomic E-state index is -1.12. The first-order valence-corrected chi connectivity index (χ1v) is 12.0. The Morgan fingerprint density at radius 2 is 1.68 bits per heavy atom. The number of rotatable bonds is 7. The van der Waals surface area contributed by atoms with Crippen LogP contribution < -0.4 is 19.5 Å². The van der Waals surface area contributed by atoms with E-state index in [0.717, 1.165) is 18.2 Å². The molecule has 3 aromatic heterocycles. The average molecular weight is 563 g/mol. The number of anilines is 1. The third-order valence-corrected chi connectivity index (χ3v) is 6.13. The molecule has 0 aliphatic carbocycles. The smallest absolute Gasteiger partial charge is 0.261 e. The number of aromatic hydroxyl groups is 1. The molecule has 208 valence electrons. The highest BCUT2D eigenvalue weighted by Crippen LogP contribution is 2.36. The summed E-state index contributed by atoms with van der Waals surface area (Å²) < 4.78 is 58.4. The largest absolute Gasteiger partial charge is 0.506 e. The zero-order chi connectivity index (χ0) is 29.3. The van der Waals surface area contributed by atoms with Crippen molar-refractivity contribution in [3.8, 4) is 40.0 Å². The summed E-state index contributed by atoms with van der Waals surface area (Å²) in [4.78, 5) is 25.8. The van der Waals surface area contributed by atoms with Gasteiger partial charge in [0.15, 0.2) is 34.7 Å². The Labute approximate surface area is 231 Å². The van der Waals surface area contributed by atoms with Crippen LogP contribution in [0.4, 0.5) is 18.9 Å². The lowest BCUT2D eigenvalue weighted by atomic mass is 10.0. The van der Waals surface area contributed by atoms with Crippen molar-refractivity contribution in [1.82, 2.24) is 15.0 Å². The molecule has 0 bridgehead atoms. The quantitative estimate of drug-likeness (QED) is 0.242. The van der Waals surface area contributed by atoms with Crippen LogP contribution in [0.15, 0.2) is 60.9 Å². The number of fused-ring (bicyclic) bond motifs is 1. The molecule has 41 heavy (non-hydrogen) atoms. The lowest BCUT2D eigenvalue weighted by Gasteiger charge is -2.14. The molecular formula is C29H21F3N4O5. The molecule has 0 atom stereocenters. The molecule has 0 saturated carbocycles. The fraction of sp³-hybridized carbons (Fsp3) is 0.103. The summed E-state index contributed by atoms with van der Waals surface area (Å²) in [5.74, 6) is -3.68. The summed E-state index contributed by atoms with van der Waals surface area (Å²) in [5.41, 5.74) is 0.871. The highest BCUT2D eigenvalue weighted by Gasteiger charge is 2.21. The van der Waals surface area contributed by atoms with E-state index in [1.165, 1.54) is 57.8 Å². The van der Waals surface area contributed by atoms with Crippen molar-refractivity contribution in [3.05, 3.63) is 89.6 Å². The predicted octanol–water partition coefficient (Wildman–Crippen LogP) is 6.18. The summed E-state index contributed by atoms with van der Waals surface area (Å²) in [7, 11) is 2.89. The minimum Gasteiger partial charge on any atom is -0.506 e. The zero-order valence-electron chi connectivity index (χ0n) is 21.8. The maximum Gasteiger partial charge on any atom is 0.261 e. The van der Waals surface area contributed by atoms with Crippen molar-refractivity contribution >= 4 is 22.6 Å². The summed E-state index contributed by atoms with van der Waals surface area (Å²) in [6.45, 7) is 1.48. The number of aryl methyl sites for hydroxylation is 1. The number of amides is 1. The van der Waals surface area contributed by atoms with Gasteiger partial charge in [0.1, 0.15) is 16.8 Å². The first-order valence-electron chi connectivity index (χ1n) is 12.0. The molecule has 0 spiro atoms. The monoisotopic (exact) mass is 562 g/mol. The van der Waals surface area contributed by atoms with Crippen LogP contribution in [0.25, 0.3) is 22.2 Å². The number of hydrogen-bond acceptors (Lipinski definition) is 8. The normalized spacial score (nSPS) is 10.9. The van der Waals surface area contributed by atoms with Gasteiger partial charge in [0.05, 0.1) is 25.4 Å². The van der Waals surface area contributed by atoms with Crippen molar-refractivity contribution in [2.45, 2.75) is 6.92 Å². The Kier molecular flexibility index (Phi) is 7.30. The van der Waals surface area contributed by atoms with Crippen molar-refractivity contribution in [2.75, 3.05) is 19.5 Å². The Balaban J connectivity index is 1.40. The summed E-state index contributed by atoms with van der Waals surface area (Å²) >= 11 is 0. The van der Waals surface area contributed by atoms with Crippen LogP contribution in [0.5, 0.6) is 28.9 Å². The molecule has 2 N–H and O–H groups in total. The second-order valence-corrected chi connectivity index (χ2v) is 8.69. The Morgan fingerprint density at radius 3 is 2.39 bits per heavy atom. The Bertz CT molecular complexity index is 1820. The van der Waals surface area contributed by atoms with E-state index in [9.17, 15) is 18.7 Å². The number of nitrogens with zero attached hydrogens (tertiary/aromatic N) is 3. The number of ether oxygens (including phenoxy) is 3. The van der Waals surface area contributed by atoms with Gasteiger partial charge in [-0.25, -0.2) is 18.2 Å². The average Bonchev–Trinajstić information content (AvgIpc) is 2.95. The van der Waals surface area contributed by atoms with Crippen molar-refractivity contribution in [2.24, 2.45) is 0 Å². The molecular weight excluding hydrogens is 541 g/mol. The summed E-state index contributed by atoms with van der Waals surface area (Å²) in [6.07, 6.45) is 2.71. The highest BCUT2D eigenvalue weighted by molar-refractivity contribution is 6.08. The van der Waals surface area contributed by atoms with Gasteiger partial charge in [0.2, 0.25) is 0 Å². The zero-order valence-corrected chi connectivity index (χ0v) is 21.8. The molecule has 0 aliphatic heterocycles. The van der Waals surface area contributed by atoms with Gasteiger partial charge in [-0.15, -0.1) is 0 Å². The highest BCUT2D eigenvalue weighted by atomic mass is 19.2.